The zero-order valence-corrected chi connectivity index (χ0v) is 26.4. The first kappa shape index (κ1) is 30.6. The van der Waals surface area contributed by atoms with Crippen molar-refractivity contribution in [3.05, 3.63) is 77.0 Å². The summed E-state index contributed by atoms with van der Waals surface area (Å²) in [5.41, 5.74) is 3.54. The summed E-state index contributed by atoms with van der Waals surface area (Å²) in [6, 6.07) is 8.82. The number of piperidine rings is 1. The number of nitrogens with zero attached hydrogens (tertiary/aromatic N) is 6. The predicted molar refractivity (Wildman–Crippen MR) is 168 cm³/mol. The molecule has 0 radical (unpaired) electrons. The Balaban J connectivity index is 1.19. The van der Waals surface area contributed by atoms with Crippen LogP contribution < -0.4 is 5.32 Å². The molecule has 1 aromatic carbocycles. The van der Waals surface area contributed by atoms with Crippen molar-refractivity contribution in [3.63, 3.8) is 0 Å². The van der Waals surface area contributed by atoms with E-state index in [-0.39, 0.29) is 35.5 Å². The first-order chi connectivity index (χ1) is 22.1. The molecule has 242 valence electrons. The smallest absolute Gasteiger partial charge is 0.337 e. The Hall–Kier alpha value is -5.07. The van der Waals surface area contributed by atoms with Crippen molar-refractivity contribution in [3.8, 4) is 11.1 Å². The fraction of sp³-hybridized carbons (Fsp3) is 0.353. The molecular formula is C34H32F3N7O3. The molecule has 2 fully saturated rings. The van der Waals surface area contributed by atoms with Crippen LogP contribution in [0.4, 0.5) is 19.0 Å². The molecule has 1 saturated heterocycles. The maximum absolute atomic E-state index is 14.0. The highest BCUT2D eigenvalue weighted by Crippen LogP contribution is 2.59. The average Bonchev–Trinajstić information content (AvgIpc) is 3.26. The van der Waals surface area contributed by atoms with Crippen molar-refractivity contribution in [2.24, 2.45) is 5.41 Å². The molecule has 1 aliphatic carbocycles. The molecule has 47 heavy (non-hydrogen) atoms. The Morgan fingerprint density at radius 1 is 0.979 bits per heavy atom. The number of likely N-dealkylation sites (tertiary alicyclic amines) is 1. The first-order valence-electron chi connectivity index (χ1n) is 15.3. The van der Waals surface area contributed by atoms with Gasteiger partial charge in [-0.3, -0.25) is 14.4 Å². The SMILES string of the molecule is CC(=O)c1cn(CC(=O)N2[C@H](C(=O)Nc3nc(C(F)(F)F)ccc3C)C[C@@]3(C)C[C@@H]23)c2c(C)cc(-c3ccc4nc(C)nn4c3)cc12. The van der Waals surface area contributed by atoms with Crippen molar-refractivity contribution in [2.45, 2.75) is 72.3 Å². The van der Waals surface area contributed by atoms with Gasteiger partial charge < -0.3 is 14.8 Å². The Labute approximate surface area is 267 Å². The van der Waals surface area contributed by atoms with E-state index in [1.807, 2.05) is 51.2 Å². The number of pyridine rings is 2. The summed E-state index contributed by atoms with van der Waals surface area (Å²) in [5.74, 6) is -0.579. The summed E-state index contributed by atoms with van der Waals surface area (Å²) < 4.78 is 43.4. The third kappa shape index (κ3) is 5.23. The van der Waals surface area contributed by atoms with Gasteiger partial charge in [0, 0.05) is 34.9 Å². The Morgan fingerprint density at radius 3 is 2.47 bits per heavy atom. The molecule has 0 bridgehead atoms. The van der Waals surface area contributed by atoms with Crippen molar-refractivity contribution >= 4 is 40.0 Å². The van der Waals surface area contributed by atoms with E-state index in [1.165, 1.54) is 13.0 Å². The van der Waals surface area contributed by atoms with Gasteiger partial charge >= 0.3 is 6.18 Å². The number of amides is 2. The molecule has 1 N–H and O–H groups in total. The number of hydrogen-bond donors (Lipinski definition) is 1. The van der Waals surface area contributed by atoms with Crippen LogP contribution in [0.3, 0.4) is 0 Å². The molecule has 1 aliphatic heterocycles. The molecule has 13 heteroatoms. The van der Waals surface area contributed by atoms with E-state index in [2.05, 4.69) is 20.4 Å². The van der Waals surface area contributed by atoms with E-state index in [1.54, 1.807) is 27.1 Å². The van der Waals surface area contributed by atoms with Gasteiger partial charge in [0.1, 0.15) is 29.9 Å². The monoisotopic (exact) mass is 643 g/mol. The molecule has 10 nitrogen and oxygen atoms in total. The van der Waals surface area contributed by atoms with Gasteiger partial charge in [0.15, 0.2) is 11.4 Å². The minimum atomic E-state index is -4.67. The van der Waals surface area contributed by atoms with E-state index in [9.17, 15) is 27.6 Å². The number of alkyl halides is 3. The number of aryl methyl sites for hydroxylation is 3. The first-order valence-corrected chi connectivity index (χ1v) is 15.3. The molecule has 5 heterocycles. The fourth-order valence-corrected chi connectivity index (χ4v) is 6.99. The number of hydrogen-bond acceptors (Lipinski definition) is 6. The van der Waals surface area contributed by atoms with Crippen LogP contribution in [0.25, 0.3) is 27.7 Å². The summed E-state index contributed by atoms with van der Waals surface area (Å²) in [7, 11) is 0. The highest BCUT2D eigenvalue weighted by atomic mass is 19.4. The van der Waals surface area contributed by atoms with E-state index in [0.717, 1.165) is 40.3 Å². The van der Waals surface area contributed by atoms with Gasteiger partial charge in [-0.1, -0.05) is 13.0 Å². The topological polar surface area (TPSA) is 114 Å². The third-order valence-electron chi connectivity index (χ3n) is 9.47. The van der Waals surface area contributed by atoms with Crippen LogP contribution in [0, 0.1) is 26.2 Å². The molecule has 3 atom stereocenters. The molecular weight excluding hydrogens is 611 g/mol. The molecule has 0 unspecified atom stereocenters. The van der Waals surface area contributed by atoms with Gasteiger partial charge in [-0.15, -0.1) is 0 Å². The highest BCUT2D eigenvalue weighted by molar-refractivity contribution is 6.09. The number of halogens is 3. The standard InChI is InChI=1S/C34H32F3N7O3/c1-17-6-8-26(34(35,36)37)39-31(17)40-32(47)25-12-33(5)13-27(33)44(25)29(46)16-42-15-24(19(3)45)23-11-22(10-18(2)30(23)42)21-7-9-28-38-20(4)41-43(28)14-21/h6-11,14-15,25,27H,12-13,16H2,1-5H3,(H,39,40,47)/t25-,27+,33-/m0/s1. The van der Waals surface area contributed by atoms with Crippen molar-refractivity contribution in [2.75, 3.05) is 5.32 Å². The van der Waals surface area contributed by atoms with Crippen LogP contribution in [0.5, 0.6) is 0 Å². The zero-order chi connectivity index (χ0) is 33.6. The summed E-state index contributed by atoms with van der Waals surface area (Å²) in [6.07, 6.45) is 0.00593. The van der Waals surface area contributed by atoms with Gasteiger partial charge in [-0.2, -0.15) is 18.3 Å². The van der Waals surface area contributed by atoms with Crippen LogP contribution >= 0.6 is 0 Å². The van der Waals surface area contributed by atoms with Gasteiger partial charge in [-0.05, 0) is 93.0 Å². The summed E-state index contributed by atoms with van der Waals surface area (Å²) in [6.45, 7) is 8.66. The number of carbonyl (C=O) groups is 3. The molecule has 7 rings (SSSR count). The number of Topliss-reactive ketones (excluding diaryl/α,β-unsaturated/α-hetero) is 1. The number of benzene rings is 1. The lowest BCUT2D eigenvalue weighted by Gasteiger charge is -2.27. The number of fused-ring (bicyclic) bond motifs is 3. The van der Waals surface area contributed by atoms with Gasteiger partial charge in [-0.25, -0.2) is 14.5 Å². The lowest BCUT2D eigenvalue weighted by molar-refractivity contribution is -0.141. The highest BCUT2D eigenvalue weighted by Gasteiger charge is 2.64. The summed E-state index contributed by atoms with van der Waals surface area (Å²) in [5, 5.41) is 7.67. The van der Waals surface area contributed by atoms with Crippen LogP contribution in [0.2, 0.25) is 0 Å². The average molecular weight is 644 g/mol. The van der Waals surface area contributed by atoms with Crippen molar-refractivity contribution < 1.29 is 27.6 Å². The van der Waals surface area contributed by atoms with Gasteiger partial charge in [0.25, 0.3) is 0 Å². The number of nitrogens with one attached hydrogen (secondary N) is 1. The maximum atomic E-state index is 14.0. The molecule has 2 aliphatic rings. The fourth-order valence-electron chi connectivity index (χ4n) is 6.99. The predicted octanol–water partition coefficient (Wildman–Crippen LogP) is 5.91. The minimum Gasteiger partial charge on any atom is -0.337 e. The lowest BCUT2D eigenvalue weighted by Crippen LogP contribution is -2.46. The zero-order valence-electron chi connectivity index (χ0n) is 26.4. The second-order valence-corrected chi connectivity index (χ2v) is 13.0. The number of anilines is 1. The van der Waals surface area contributed by atoms with E-state index in [4.69, 9.17) is 0 Å². The largest absolute Gasteiger partial charge is 0.433 e. The second kappa shape index (κ2) is 10.5. The van der Waals surface area contributed by atoms with Crippen LogP contribution in [0.15, 0.2) is 48.8 Å². The van der Waals surface area contributed by atoms with Crippen molar-refractivity contribution in [1.82, 2.24) is 29.0 Å². The number of aromatic nitrogens is 5. The molecule has 4 aromatic heterocycles. The minimum absolute atomic E-state index is 0.120. The lowest BCUT2D eigenvalue weighted by atomic mass is 9.99. The Bertz CT molecular complexity index is 2150. The number of rotatable bonds is 6. The Morgan fingerprint density at radius 2 is 1.74 bits per heavy atom. The van der Waals surface area contributed by atoms with E-state index in [0.29, 0.717) is 28.8 Å². The van der Waals surface area contributed by atoms with E-state index >= 15 is 0 Å². The van der Waals surface area contributed by atoms with Crippen molar-refractivity contribution in [1.29, 1.82) is 0 Å². The molecule has 1 saturated carbocycles. The molecule has 5 aromatic rings. The summed E-state index contributed by atoms with van der Waals surface area (Å²) >= 11 is 0. The number of carbonyl (C=O) groups excluding carboxylic acids is 3. The summed E-state index contributed by atoms with van der Waals surface area (Å²) in [4.78, 5) is 50.0. The normalized spacial score (nSPS) is 20.6. The van der Waals surface area contributed by atoms with Crippen LogP contribution in [-0.2, 0) is 22.3 Å². The Kier molecular flexibility index (Phi) is 6.81. The molecule has 0 spiro atoms. The van der Waals surface area contributed by atoms with E-state index < -0.39 is 23.8 Å². The van der Waals surface area contributed by atoms with Gasteiger partial charge in [0.05, 0.1) is 5.52 Å². The molecule has 2 amide bonds. The maximum Gasteiger partial charge on any atom is 0.433 e. The quantitative estimate of drug-likeness (QED) is 0.230. The number of ketones is 1. The van der Waals surface area contributed by atoms with Crippen LogP contribution in [-0.4, -0.2) is 58.7 Å². The van der Waals surface area contributed by atoms with Gasteiger partial charge in [0.2, 0.25) is 11.8 Å². The third-order valence-corrected chi connectivity index (χ3v) is 9.47. The second-order valence-electron chi connectivity index (χ2n) is 13.0. The van der Waals surface area contributed by atoms with Crippen LogP contribution in [0.1, 0.15) is 59.7 Å².